The van der Waals surface area contributed by atoms with Gasteiger partial charge in [0.2, 0.25) is 0 Å². The van der Waals surface area contributed by atoms with Crippen LogP contribution in [0.5, 0.6) is 0 Å². The molecule has 20 heavy (non-hydrogen) atoms. The van der Waals surface area contributed by atoms with E-state index < -0.39 is 0 Å². The predicted molar refractivity (Wildman–Crippen MR) is 85.2 cm³/mol. The van der Waals surface area contributed by atoms with Crippen LogP contribution in [0.3, 0.4) is 0 Å². The Hall–Kier alpha value is -1.09. The average Bonchev–Trinajstić information content (AvgIpc) is 2.82. The van der Waals surface area contributed by atoms with Gasteiger partial charge >= 0.3 is 0 Å². The molecule has 0 aliphatic rings. The molecule has 2 heterocycles. The fourth-order valence-electron chi connectivity index (χ4n) is 2.57. The third-order valence-corrected chi connectivity index (χ3v) is 4.01. The number of hydrogen-bond acceptors (Lipinski definition) is 2. The van der Waals surface area contributed by atoms with Crippen molar-refractivity contribution in [1.29, 1.82) is 0 Å². The van der Waals surface area contributed by atoms with Crippen LogP contribution < -0.4 is 0 Å². The number of alkyl halides is 1. The molecular weight excluding hydrogens is 270 g/mol. The van der Waals surface area contributed by atoms with Gasteiger partial charge in [-0.2, -0.15) is 0 Å². The van der Waals surface area contributed by atoms with Crippen molar-refractivity contribution in [3.8, 4) is 0 Å². The lowest BCUT2D eigenvalue weighted by molar-refractivity contribution is 0.555. The van der Waals surface area contributed by atoms with Crippen molar-refractivity contribution in [2.45, 2.75) is 64.8 Å². The number of pyridine rings is 1. The van der Waals surface area contributed by atoms with E-state index in [1.54, 1.807) is 0 Å². The molecule has 2 aromatic heterocycles. The molecule has 0 atom stereocenters. The maximum Gasteiger partial charge on any atom is 0.160 e. The van der Waals surface area contributed by atoms with Crippen molar-refractivity contribution in [2.24, 2.45) is 0 Å². The van der Waals surface area contributed by atoms with Gasteiger partial charge in [-0.3, -0.25) is 0 Å². The summed E-state index contributed by atoms with van der Waals surface area (Å²) in [5.74, 6) is 1.39. The molecule has 3 nitrogen and oxygen atoms in total. The zero-order valence-corrected chi connectivity index (χ0v) is 13.3. The highest BCUT2D eigenvalue weighted by Gasteiger charge is 2.12. The molecular formula is C16H24ClN3. The van der Waals surface area contributed by atoms with Gasteiger partial charge in [-0.05, 0) is 25.0 Å². The number of fused-ring (bicyclic) bond motifs is 1. The zero-order valence-electron chi connectivity index (χ0n) is 12.5. The van der Waals surface area contributed by atoms with E-state index in [2.05, 4.69) is 28.4 Å². The number of nitrogens with zero attached hydrogens (tertiary/aromatic N) is 3. The van der Waals surface area contributed by atoms with Crippen LogP contribution >= 0.6 is 11.6 Å². The normalized spacial score (nSPS) is 11.3. The maximum atomic E-state index is 6.03. The lowest BCUT2D eigenvalue weighted by Gasteiger charge is -2.07. The van der Waals surface area contributed by atoms with Crippen LogP contribution in [0.15, 0.2) is 12.3 Å². The second-order valence-corrected chi connectivity index (χ2v) is 5.65. The van der Waals surface area contributed by atoms with Gasteiger partial charge < -0.3 is 4.57 Å². The number of rotatable bonds is 8. The Morgan fingerprint density at radius 2 is 1.90 bits per heavy atom. The van der Waals surface area contributed by atoms with E-state index in [0.717, 1.165) is 23.5 Å². The molecule has 0 saturated heterocycles. The molecule has 0 radical (unpaired) electrons. The second-order valence-electron chi connectivity index (χ2n) is 5.38. The smallest absolute Gasteiger partial charge is 0.160 e. The van der Waals surface area contributed by atoms with E-state index in [1.807, 2.05) is 12.3 Å². The van der Waals surface area contributed by atoms with Crippen LogP contribution in [-0.2, 0) is 12.4 Å². The zero-order chi connectivity index (χ0) is 14.4. The summed E-state index contributed by atoms with van der Waals surface area (Å²) in [5, 5.41) is 0. The largest absolute Gasteiger partial charge is 0.312 e. The van der Waals surface area contributed by atoms with Crippen LogP contribution in [0.4, 0.5) is 0 Å². The summed E-state index contributed by atoms with van der Waals surface area (Å²) in [5.41, 5.74) is 3.14. The van der Waals surface area contributed by atoms with E-state index >= 15 is 0 Å². The Kier molecular flexibility index (Phi) is 5.84. The molecule has 0 N–H and O–H groups in total. The summed E-state index contributed by atoms with van der Waals surface area (Å²) in [4.78, 5) is 9.11. The molecule has 0 saturated carbocycles. The van der Waals surface area contributed by atoms with E-state index in [9.17, 15) is 0 Å². The summed E-state index contributed by atoms with van der Waals surface area (Å²) in [6.07, 6.45) is 9.62. The Labute approximate surface area is 126 Å². The Bertz CT molecular complexity index is 548. The maximum absolute atomic E-state index is 6.03. The van der Waals surface area contributed by atoms with Crippen molar-refractivity contribution < 1.29 is 0 Å². The highest BCUT2D eigenvalue weighted by molar-refractivity contribution is 6.16. The number of hydrogen-bond donors (Lipinski definition) is 0. The van der Waals surface area contributed by atoms with Gasteiger partial charge in [-0.25, -0.2) is 9.97 Å². The SMILES string of the molecule is CCCCCCCCn1c(CCl)nc2c(C)ccnc21. The average molecular weight is 294 g/mol. The van der Waals surface area contributed by atoms with E-state index in [0.29, 0.717) is 5.88 Å². The first kappa shape index (κ1) is 15.3. The van der Waals surface area contributed by atoms with Crippen LogP contribution in [0.25, 0.3) is 11.2 Å². The highest BCUT2D eigenvalue weighted by atomic mass is 35.5. The summed E-state index contributed by atoms with van der Waals surface area (Å²) < 4.78 is 2.19. The highest BCUT2D eigenvalue weighted by Crippen LogP contribution is 2.19. The lowest BCUT2D eigenvalue weighted by Crippen LogP contribution is -2.03. The molecule has 0 spiro atoms. The third-order valence-electron chi connectivity index (χ3n) is 3.77. The van der Waals surface area contributed by atoms with Crippen LogP contribution in [0.2, 0.25) is 0 Å². The Balaban J connectivity index is 2.03. The molecule has 0 bridgehead atoms. The second kappa shape index (κ2) is 7.63. The minimum atomic E-state index is 0.450. The number of aromatic nitrogens is 3. The number of imidazole rings is 1. The molecule has 2 rings (SSSR count). The summed E-state index contributed by atoms with van der Waals surface area (Å²) in [6, 6.07) is 2.00. The molecule has 0 unspecified atom stereocenters. The fraction of sp³-hybridized carbons (Fsp3) is 0.625. The first-order valence-corrected chi connectivity index (χ1v) is 8.18. The number of unbranched alkanes of at least 4 members (excludes halogenated alkanes) is 5. The Morgan fingerprint density at radius 3 is 2.65 bits per heavy atom. The van der Waals surface area contributed by atoms with Crippen molar-refractivity contribution in [3.05, 3.63) is 23.7 Å². The van der Waals surface area contributed by atoms with Gasteiger partial charge in [-0.1, -0.05) is 39.0 Å². The van der Waals surface area contributed by atoms with Crippen molar-refractivity contribution >= 4 is 22.8 Å². The predicted octanol–water partition coefficient (Wildman–Crippen LogP) is 4.84. The van der Waals surface area contributed by atoms with Crippen LogP contribution in [0, 0.1) is 6.92 Å². The van der Waals surface area contributed by atoms with E-state index in [-0.39, 0.29) is 0 Å². The molecule has 0 fully saturated rings. The summed E-state index contributed by atoms with van der Waals surface area (Å²) in [7, 11) is 0. The first-order chi connectivity index (χ1) is 9.77. The molecule has 4 heteroatoms. The minimum Gasteiger partial charge on any atom is -0.312 e. The summed E-state index contributed by atoms with van der Waals surface area (Å²) >= 11 is 6.03. The minimum absolute atomic E-state index is 0.450. The van der Waals surface area contributed by atoms with E-state index in [4.69, 9.17) is 11.6 Å². The van der Waals surface area contributed by atoms with Gasteiger partial charge in [0.25, 0.3) is 0 Å². The van der Waals surface area contributed by atoms with Gasteiger partial charge in [0.05, 0.1) is 5.88 Å². The molecule has 110 valence electrons. The third kappa shape index (κ3) is 3.51. The molecule has 2 aromatic rings. The number of halogens is 1. The molecule has 0 amide bonds. The van der Waals surface area contributed by atoms with Crippen molar-refractivity contribution in [3.63, 3.8) is 0 Å². The van der Waals surface area contributed by atoms with Crippen molar-refractivity contribution in [1.82, 2.24) is 14.5 Å². The number of aryl methyl sites for hydroxylation is 2. The van der Waals surface area contributed by atoms with Gasteiger partial charge in [0.15, 0.2) is 5.65 Å². The summed E-state index contributed by atoms with van der Waals surface area (Å²) in [6.45, 7) is 5.30. The van der Waals surface area contributed by atoms with E-state index in [1.165, 1.54) is 44.1 Å². The van der Waals surface area contributed by atoms with Gasteiger partial charge in [0.1, 0.15) is 11.3 Å². The standard InChI is InChI=1S/C16H24ClN3/c1-3-4-5-6-7-8-11-20-14(12-17)19-15-13(2)9-10-18-16(15)20/h9-10H,3-8,11-12H2,1-2H3. The van der Waals surface area contributed by atoms with Gasteiger partial charge in [-0.15, -0.1) is 11.6 Å². The van der Waals surface area contributed by atoms with Crippen LogP contribution in [-0.4, -0.2) is 14.5 Å². The van der Waals surface area contributed by atoms with Gasteiger partial charge in [0, 0.05) is 12.7 Å². The first-order valence-electron chi connectivity index (χ1n) is 7.64. The fourth-order valence-corrected chi connectivity index (χ4v) is 2.77. The quantitative estimate of drug-likeness (QED) is 0.515. The molecule has 0 aliphatic heterocycles. The van der Waals surface area contributed by atoms with Crippen LogP contribution in [0.1, 0.15) is 56.8 Å². The molecule has 0 aromatic carbocycles. The monoisotopic (exact) mass is 293 g/mol. The Morgan fingerprint density at radius 1 is 1.15 bits per heavy atom. The molecule has 0 aliphatic carbocycles. The topological polar surface area (TPSA) is 30.7 Å². The van der Waals surface area contributed by atoms with Crippen molar-refractivity contribution in [2.75, 3.05) is 0 Å². The lowest BCUT2D eigenvalue weighted by atomic mass is 10.1.